The number of hydrogen-bond acceptors (Lipinski definition) is 11. The third kappa shape index (κ3) is 5.25. The van der Waals surface area contributed by atoms with E-state index in [1.54, 1.807) is 0 Å². The van der Waals surface area contributed by atoms with Crippen LogP contribution in [0.3, 0.4) is 0 Å². The number of aliphatic imine (C=N–C) groups is 1. The van der Waals surface area contributed by atoms with Gasteiger partial charge in [-0.2, -0.15) is 5.11 Å². The maximum Gasteiger partial charge on any atom is 0.242 e. The molecule has 1 saturated carbocycles. The Kier molecular flexibility index (Phi) is 7.04. The highest BCUT2D eigenvalue weighted by Crippen LogP contribution is 2.34. The summed E-state index contributed by atoms with van der Waals surface area (Å²) in [5, 5.41) is 25.8. The quantitative estimate of drug-likeness (QED) is 0.243. The molecule has 3 atom stereocenters. The van der Waals surface area contributed by atoms with Gasteiger partial charge >= 0.3 is 0 Å². The van der Waals surface area contributed by atoms with Gasteiger partial charge in [-0.3, -0.25) is 0 Å². The van der Waals surface area contributed by atoms with Crippen molar-refractivity contribution in [3.8, 4) is 0 Å². The summed E-state index contributed by atoms with van der Waals surface area (Å²) < 4.78 is 53.0. The van der Waals surface area contributed by atoms with Crippen molar-refractivity contribution in [1.82, 2.24) is 4.72 Å². The molecule has 0 aromatic heterocycles. The van der Waals surface area contributed by atoms with Crippen LogP contribution < -0.4 is 26.6 Å². The first-order valence-corrected chi connectivity index (χ1v) is 12.6. The number of nitrogens with zero attached hydrogens (tertiary/aromatic N) is 3. The van der Waals surface area contributed by atoms with Crippen LogP contribution in [0.4, 0.5) is 5.69 Å². The summed E-state index contributed by atoms with van der Waals surface area (Å²) in [5.41, 5.74) is 11.6. The molecule has 0 saturated heterocycles. The number of aliphatic hydroxyl groups is 1. The number of nitrogens with two attached hydrogens (primary N) is 3. The zero-order chi connectivity index (χ0) is 22.8. The first-order chi connectivity index (χ1) is 14.5. The molecule has 1 aromatic carbocycles. The Labute approximate surface area is 180 Å². The van der Waals surface area contributed by atoms with Crippen molar-refractivity contribution in [2.45, 2.75) is 47.2 Å². The minimum Gasteiger partial charge on any atom is -0.390 e. The van der Waals surface area contributed by atoms with Crippen molar-refractivity contribution in [3.63, 3.8) is 0 Å². The summed E-state index contributed by atoms with van der Waals surface area (Å²) in [6.07, 6.45) is 1.31. The van der Waals surface area contributed by atoms with E-state index < -0.39 is 42.5 Å². The van der Waals surface area contributed by atoms with Crippen LogP contribution in [0.2, 0.25) is 0 Å². The number of anilines is 1. The lowest BCUT2D eigenvalue weighted by atomic mass is 10.1. The second kappa shape index (κ2) is 9.23. The Morgan fingerprint density at radius 1 is 1.23 bits per heavy atom. The molecule has 0 spiro atoms. The third-order valence-corrected chi connectivity index (χ3v) is 7.65. The summed E-state index contributed by atoms with van der Waals surface area (Å²) >= 11 is 0. The molecule has 0 amide bonds. The number of nitrogens with one attached hydrogen (secondary N) is 2. The Morgan fingerprint density at radius 3 is 2.52 bits per heavy atom. The molecule has 9 N–H and O–H groups in total. The number of benzene rings is 1. The minimum absolute atomic E-state index is 0.0281. The average molecular weight is 475 g/mol. The van der Waals surface area contributed by atoms with Gasteiger partial charge in [-0.15, -0.1) is 5.11 Å². The molecule has 172 valence electrons. The van der Waals surface area contributed by atoms with Crippen LogP contribution in [0.1, 0.15) is 24.8 Å². The number of primary sulfonamides is 1. The largest absolute Gasteiger partial charge is 0.390 e. The molecule has 1 heterocycles. The van der Waals surface area contributed by atoms with Gasteiger partial charge in [0.25, 0.3) is 0 Å². The van der Waals surface area contributed by atoms with Gasteiger partial charge < -0.3 is 21.9 Å². The second-order valence-electron chi connectivity index (χ2n) is 7.31. The Hall–Kier alpha value is -2.01. The van der Waals surface area contributed by atoms with Crippen molar-refractivity contribution in [3.05, 3.63) is 17.7 Å². The van der Waals surface area contributed by atoms with Crippen LogP contribution in [0.15, 0.2) is 37.1 Å². The fourth-order valence-corrected chi connectivity index (χ4v) is 6.16. The Bertz CT molecular complexity index is 1100. The van der Waals surface area contributed by atoms with Gasteiger partial charge in [-0.1, -0.05) is 0 Å². The number of rotatable bonds is 9. The maximum absolute atomic E-state index is 12.9. The third-order valence-electron chi connectivity index (χ3n) is 5.06. The lowest BCUT2D eigenvalue weighted by Crippen LogP contribution is -2.37. The monoisotopic (exact) mass is 474 g/mol. The summed E-state index contributed by atoms with van der Waals surface area (Å²) in [4.78, 5) is 2.80. The van der Waals surface area contributed by atoms with E-state index in [1.807, 2.05) is 0 Å². The van der Waals surface area contributed by atoms with E-state index in [2.05, 4.69) is 25.3 Å². The van der Waals surface area contributed by atoms with Crippen LogP contribution in [0.25, 0.3) is 0 Å². The predicted octanol–water partition coefficient (Wildman–Crippen LogP) is -1.61. The molecule has 15 heteroatoms. The summed E-state index contributed by atoms with van der Waals surface area (Å²) in [6, 6.07) is 2.24. The van der Waals surface area contributed by atoms with Gasteiger partial charge in [0.2, 0.25) is 20.0 Å². The van der Waals surface area contributed by atoms with E-state index in [0.29, 0.717) is 0 Å². The first-order valence-electron chi connectivity index (χ1n) is 9.56. The molecule has 0 radical (unpaired) electrons. The minimum atomic E-state index is -4.56. The molecule has 1 aliphatic carbocycles. The SMILES string of the molecule is NC[C@@H](O)CNS(=O)(=O)c1ccc(N[C@@H]2CCC[C@H]2N)c(C2=NCN=N2)c1S(N)(=O)=O. The van der Waals surface area contributed by atoms with E-state index in [1.165, 1.54) is 6.07 Å². The van der Waals surface area contributed by atoms with E-state index in [9.17, 15) is 21.9 Å². The maximum atomic E-state index is 12.9. The number of hydrogen-bond donors (Lipinski definition) is 6. The zero-order valence-electron chi connectivity index (χ0n) is 16.6. The zero-order valence-corrected chi connectivity index (χ0v) is 18.2. The van der Waals surface area contributed by atoms with Crippen LogP contribution in [0, 0.1) is 0 Å². The number of aliphatic hydroxyl groups excluding tert-OH is 1. The van der Waals surface area contributed by atoms with E-state index in [0.717, 1.165) is 25.3 Å². The average Bonchev–Trinajstić information content (AvgIpc) is 3.37. The molecule has 3 rings (SSSR count). The Morgan fingerprint density at radius 2 is 1.97 bits per heavy atom. The Balaban J connectivity index is 2.17. The van der Waals surface area contributed by atoms with Crippen LogP contribution in [0.5, 0.6) is 0 Å². The van der Waals surface area contributed by atoms with Crippen LogP contribution in [-0.4, -0.2) is 65.7 Å². The van der Waals surface area contributed by atoms with Gasteiger partial charge in [0.05, 0.1) is 11.7 Å². The smallest absolute Gasteiger partial charge is 0.242 e. The first kappa shape index (κ1) is 23.6. The number of amidine groups is 1. The van der Waals surface area contributed by atoms with Gasteiger partial charge in [-0.25, -0.2) is 31.7 Å². The second-order valence-corrected chi connectivity index (χ2v) is 10.5. The molecule has 1 fully saturated rings. The molecule has 0 bridgehead atoms. The number of azo groups is 1. The van der Waals surface area contributed by atoms with Crippen LogP contribution >= 0.6 is 0 Å². The van der Waals surface area contributed by atoms with Crippen molar-refractivity contribution >= 4 is 31.6 Å². The summed E-state index contributed by atoms with van der Waals surface area (Å²) in [5.74, 6) is -0.0582. The number of sulfonamides is 2. The van der Waals surface area contributed by atoms with Gasteiger partial charge in [0.15, 0.2) is 12.5 Å². The summed E-state index contributed by atoms with van der Waals surface area (Å²) in [7, 11) is -8.95. The highest BCUT2D eigenvalue weighted by Gasteiger charge is 2.34. The predicted molar refractivity (Wildman–Crippen MR) is 114 cm³/mol. The molecule has 0 unspecified atom stereocenters. The van der Waals surface area contributed by atoms with Crippen molar-refractivity contribution < 1.29 is 21.9 Å². The van der Waals surface area contributed by atoms with Gasteiger partial charge in [0, 0.05) is 30.9 Å². The van der Waals surface area contributed by atoms with Crippen molar-refractivity contribution in [2.24, 2.45) is 31.8 Å². The topological polar surface area (TPSA) is 228 Å². The highest BCUT2D eigenvalue weighted by molar-refractivity contribution is 7.92. The standard InChI is InChI=1S/C16H26N8O5S2/c17-6-9(25)7-22-31(28,29)13-5-4-12(23-11-3-1-2-10(11)18)14(15(13)30(19,26)27)16-20-8-21-24-16/h4-5,9-11,22-23,25H,1-3,6-8,17-18H2,(H2,19,26,27)/t9-,10-,11-/m1/s1. The molecule has 1 aromatic rings. The van der Waals surface area contributed by atoms with E-state index >= 15 is 0 Å². The van der Waals surface area contributed by atoms with Gasteiger partial charge in [-0.05, 0) is 31.4 Å². The fourth-order valence-electron chi connectivity index (χ4n) is 3.49. The van der Waals surface area contributed by atoms with Gasteiger partial charge in [0.1, 0.15) is 9.79 Å². The molecular formula is C16H26N8O5S2. The molecular weight excluding hydrogens is 448 g/mol. The van der Waals surface area contributed by atoms with E-state index in [4.69, 9.17) is 16.6 Å². The van der Waals surface area contributed by atoms with Crippen molar-refractivity contribution in [2.75, 3.05) is 25.1 Å². The summed E-state index contributed by atoms with van der Waals surface area (Å²) in [6.45, 7) is -0.618. The van der Waals surface area contributed by atoms with E-state index in [-0.39, 0.29) is 42.4 Å². The highest BCUT2D eigenvalue weighted by atomic mass is 32.2. The lowest BCUT2D eigenvalue weighted by molar-refractivity contribution is 0.186. The van der Waals surface area contributed by atoms with Crippen LogP contribution in [-0.2, 0) is 20.0 Å². The molecule has 13 nitrogen and oxygen atoms in total. The normalized spacial score (nSPS) is 22.5. The lowest BCUT2D eigenvalue weighted by Gasteiger charge is -2.23. The van der Waals surface area contributed by atoms with Crippen molar-refractivity contribution in [1.29, 1.82) is 0 Å². The fraction of sp³-hybridized carbons (Fsp3) is 0.562. The molecule has 2 aliphatic rings. The molecule has 1 aliphatic heterocycles. The molecule has 31 heavy (non-hydrogen) atoms.